The van der Waals surface area contributed by atoms with Crippen LogP contribution in [0.1, 0.15) is 24.8 Å². The zero-order valence-electron chi connectivity index (χ0n) is 13.9. The molecule has 0 aromatic carbocycles. The van der Waals surface area contributed by atoms with Gasteiger partial charge in [-0.3, -0.25) is 4.79 Å². The first-order valence-corrected chi connectivity index (χ1v) is 8.52. The molecule has 1 aliphatic carbocycles. The van der Waals surface area contributed by atoms with Crippen LogP contribution >= 0.6 is 0 Å². The molecule has 1 saturated heterocycles. The largest absolute Gasteiger partial charge is 0.354 e. The maximum atomic E-state index is 11.9. The first kappa shape index (κ1) is 16.0. The summed E-state index contributed by atoms with van der Waals surface area (Å²) in [7, 11) is 2.15. The highest BCUT2D eigenvalue weighted by Gasteiger charge is 2.15. The second-order valence-electron chi connectivity index (χ2n) is 6.56. The van der Waals surface area contributed by atoms with Crippen molar-refractivity contribution in [1.29, 1.82) is 0 Å². The molecule has 1 aromatic heterocycles. The highest BCUT2D eigenvalue weighted by Crippen LogP contribution is 2.20. The van der Waals surface area contributed by atoms with Gasteiger partial charge in [0.2, 0.25) is 5.91 Å². The van der Waals surface area contributed by atoms with Crippen LogP contribution in [0, 0.1) is 5.92 Å². The van der Waals surface area contributed by atoms with E-state index in [4.69, 9.17) is 0 Å². The summed E-state index contributed by atoms with van der Waals surface area (Å²) in [4.78, 5) is 21.1. The highest BCUT2D eigenvalue weighted by atomic mass is 16.1. The number of aromatic nitrogens is 1. The highest BCUT2D eigenvalue weighted by molar-refractivity contribution is 5.76. The lowest BCUT2D eigenvalue weighted by Crippen LogP contribution is -2.44. The number of anilines is 1. The SMILES string of the molecule is CN1CCN(c2ccc(CNC(=O)C[C@H]3C=CCC3)cn2)CC1. The van der Waals surface area contributed by atoms with Gasteiger partial charge >= 0.3 is 0 Å². The molecule has 1 aliphatic heterocycles. The third kappa shape index (κ3) is 4.55. The monoisotopic (exact) mass is 314 g/mol. The summed E-state index contributed by atoms with van der Waals surface area (Å²) in [5.41, 5.74) is 1.05. The van der Waals surface area contributed by atoms with E-state index in [-0.39, 0.29) is 5.91 Å². The first-order chi connectivity index (χ1) is 11.2. The van der Waals surface area contributed by atoms with Crippen LogP contribution in [0.15, 0.2) is 30.5 Å². The maximum absolute atomic E-state index is 11.9. The molecule has 2 heterocycles. The molecule has 1 amide bonds. The Bertz CT molecular complexity index is 547. The van der Waals surface area contributed by atoms with E-state index in [0.717, 1.165) is 50.4 Å². The smallest absolute Gasteiger partial charge is 0.220 e. The number of carbonyl (C=O) groups is 1. The lowest BCUT2D eigenvalue weighted by molar-refractivity contribution is -0.121. The van der Waals surface area contributed by atoms with Crippen molar-refractivity contribution in [3.8, 4) is 0 Å². The predicted molar refractivity (Wildman–Crippen MR) is 92.3 cm³/mol. The van der Waals surface area contributed by atoms with Crippen LogP contribution in [-0.4, -0.2) is 49.0 Å². The van der Waals surface area contributed by atoms with Crippen LogP contribution < -0.4 is 10.2 Å². The van der Waals surface area contributed by atoms with Gasteiger partial charge in [0.05, 0.1) is 0 Å². The number of hydrogen-bond donors (Lipinski definition) is 1. The van der Waals surface area contributed by atoms with Gasteiger partial charge in [-0.1, -0.05) is 18.2 Å². The number of amides is 1. The van der Waals surface area contributed by atoms with E-state index >= 15 is 0 Å². The quantitative estimate of drug-likeness (QED) is 0.842. The molecule has 2 aliphatic rings. The number of carbonyl (C=O) groups excluding carboxylic acids is 1. The lowest BCUT2D eigenvalue weighted by Gasteiger charge is -2.33. The normalized spacial score (nSPS) is 21.6. The van der Waals surface area contributed by atoms with Crippen molar-refractivity contribution < 1.29 is 4.79 Å². The van der Waals surface area contributed by atoms with Crippen molar-refractivity contribution in [3.05, 3.63) is 36.0 Å². The molecule has 5 nitrogen and oxygen atoms in total. The fourth-order valence-corrected chi connectivity index (χ4v) is 3.12. The molecule has 1 aromatic rings. The van der Waals surface area contributed by atoms with E-state index in [1.165, 1.54) is 0 Å². The van der Waals surface area contributed by atoms with Gasteiger partial charge in [0.25, 0.3) is 0 Å². The molecule has 0 saturated carbocycles. The van der Waals surface area contributed by atoms with Crippen molar-refractivity contribution >= 4 is 11.7 Å². The Balaban J connectivity index is 1.45. The standard InChI is InChI=1S/C18H26N4O/c1-21-8-10-22(11-9-21)17-7-6-16(13-19-17)14-20-18(23)12-15-4-2-3-5-15/h2,4,6-7,13,15H,3,5,8-12,14H2,1H3,(H,20,23)/t15-/m0/s1. The molecule has 0 unspecified atom stereocenters. The van der Waals surface area contributed by atoms with Crippen LogP contribution in [0.2, 0.25) is 0 Å². The fourth-order valence-electron chi connectivity index (χ4n) is 3.12. The summed E-state index contributed by atoms with van der Waals surface area (Å²) in [6.45, 7) is 4.76. The van der Waals surface area contributed by atoms with E-state index in [1.807, 2.05) is 6.20 Å². The molecular formula is C18H26N4O. The molecule has 124 valence electrons. The second kappa shape index (κ2) is 7.59. The van der Waals surface area contributed by atoms with Gasteiger partial charge in [-0.05, 0) is 37.4 Å². The Kier molecular flexibility index (Phi) is 5.28. The van der Waals surface area contributed by atoms with Crippen LogP contribution in [0.25, 0.3) is 0 Å². The average Bonchev–Trinajstić information content (AvgIpc) is 3.07. The molecule has 0 spiro atoms. The van der Waals surface area contributed by atoms with Gasteiger partial charge in [0, 0.05) is 45.3 Å². The lowest BCUT2D eigenvalue weighted by atomic mass is 10.1. The minimum Gasteiger partial charge on any atom is -0.354 e. The van der Waals surface area contributed by atoms with Crippen molar-refractivity contribution in [3.63, 3.8) is 0 Å². The second-order valence-corrected chi connectivity index (χ2v) is 6.56. The van der Waals surface area contributed by atoms with E-state index in [1.54, 1.807) is 0 Å². The number of nitrogens with one attached hydrogen (secondary N) is 1. The fraction of sp³-hybridized carbons (Fsp3) is 0.556. The van der Waals surface area contributed by atoms with Crippen LogP contribution in [0.5, 0.6) is 0 Å². The molecule has 1 fully saturated rings. The summed E-state index contributed by atoms with van der Waals surface area (Å²) in [6.07, 6.45) is 9.02. The number of likely N-dealkylation sites (N-methyl/N-ethyl adjacent to an activating group) is 1. The zero-order valence-corrected chi connectivity index (χ0v) is 13.9. The maximum Gasteiger partial charge on any atom is 0.220 e. The van der Waals surface area contributed by atoms with E-state index in [9.17, 15) is 4.79 Å². The molecular weight excluding hydrogens is 288 g/mol. The van der Waals surface area contributed by atoms with Crippen LogP contribution in [0.4, 0.5) is 5.82 Å². The van der Waals surface area contributed by atoms with Crippen molar-refractivity contribution in [2.24, 2.45) is 5.92 Å². The molecule has 3 rings (SSSR count). The number of hydrogen-bond acceptors (Lipinski definition) is 4. The van der Waals surface area contributed by atoms with E-state index < -0.39 is 0 Å². The van der Waals surface area contributed by atoms with Crippen molar-refractivity contribution in [2.75, 3.05) is 38.1 Å². The Labute approximate surface area is 138 Å². The molecule has 23 heavy (non-hydrogen) atoms. The third-order valence-electron chi connectivity index (χ3n) is 4.69. The molecule has 5 heteroatoms. The molecule has 0 radical (unpaired) electrons. The Morgan fingerprint density at radius 2 is 2.13 bits per heavy atom. The number of pyridine rings is 1. The minimum absolute atomic E-state index is 0.129. The van der Waals surface area contributed by atoms with Crippen molar-refractivity contribution in [2.45, 2.75) is 25.8 Å². The zero-order chi connectivity index (χ0) is 16.1. The summed E-state index contributed by atoms with van der Waals surface area (Å²) >= 11 is 0. The van der Waals surface area contributed by atoms with Gasteiger partial charge < -0.3 is 15.1 Å². The van der Waals surface area contributed by atoms with E-state index in [2.05, 4.69) is 51.4 Å². The van der Waals surface area contributed by atoms with Gasteiger partial charge in [-0.2, -0.15) is 0 Å². The van der Waals surface area contributed by atoms with Gasteiger partial charge in [-0.25, -0.2) is 4.98 Å². The van der Waals surface area contributed by atoms with Crippen LogP contribution in [0.3, 0.4) is 0 Å². The van der Waals surface area contributed by atoms with Gasteiger partial charge in [-0.15, -0.1) is 0 Å². The number of rotatable bonds is 5. The van der Waals surface area contributed by atoms with Crippen LogP contribution in [-0.2, 0) is 11.3 Å². The minimum atomic E-state index is 0.129. The summed E-state index contributed by atoms with van der Waals surface area (Å²) in [5, 5.41) is 3.00. The van der Waals surface area contributed by atoms with Gasteiger partial charge in [0.15, 0.2) is 0 Å². The Morgan fingerprint density at radius 3 is 2.78 bits per heavy atom. The number of piperazine rings is 1. The number of nitrogens with zero attached hydrogens (tertiary/aromatic N) is 3. The first-order valence-electron chi connectivity index (χ1n) is 8.52. The van der Waals surface area contributed by atoms with Crippen molar-refractivity contribution in [1.82, 2.24) is 15.2 Å². The Morgan fingerprint density at radius 1 is 1.30 bits per heavy atom. The van der Waals surface area contributed by atoms with Gasteiger partial charge in [0.1, 0.15) is 5.82 Å². The Hall–Kier alpha value is -1.88. The topological polar surface area (TPSA) is 48.5 Å². The number of allylic oxidation sites excluding steroid dienone is 2. The third-order valence-corrected chi connectivity index (χ3v) is 4.69. The molecule has 0 bridgehead atoms. The molecule has 1 atom stereocenters. The van der Waals surface area contributed by atoms with E-state index in [0.29, 0.717) is 18.9 Å². The molecule has 1 N–H and O–H groups in total. The predicted octanol–water partition coefficient (Wildman–Crippen LogP) is 1.81. The summed E-state index contributed by atoms with van der Waals surface area (Å²) in [5.74, 6) is 1.58. The average molecular weight is 314 g/mol. The summed E-state index contributed by atoms with van der Waals surface area (Å²) < 4.78 is 0. The summed E-state index contributed by atoms with van der Waals surface area (Å²) in [6, 6.07) is 4.13.